The largest absolute Gasteiger partial charge is 0.356 e. The molecule has 0 radical (unpaired) electrons. The minimum absolute atomic E-state index is 0.0114. The number of aromatic nitrogens is 1. The second-order valence-corrected chi connectivity index (χ2v) is 14.2. The minimum atomic E-state index is -1.08. The molecule has 47 heavy (non-hydrogen) atoms. The second-order valence-electron chi connectivity index (χ2n) is 13.1. The van der Waals surface area contributed by atoms with Gasteiger partial charge in [0.25, 0.3) is 11.8 Å². The summed E-state index contributed by atoms with van der Waals surface area (Å²) >= 11 is 1.34. The van der Waals surface area contributed by atoms with Crippen LogP contribution in [0.5, 0.6) is 0 Å². The Kier molecular flexibility index (Phi) is 9.17. The molecule has 1 unspecified atom stereocenters. The summed E-state index contributed by atoms with van der Waals surface area (Å²) in [6.45, 7) is 10.5. The number of ether oxygens (including phenoxy) is 1. The maximum absolute atomic E-state index is 14.4. The van der Waals surface area contributed by atoms with Gasteiger partial charge in [-0.25, -0.2) is 9.37 Å². The Bertz CT molecular complexity index is 1780. The number of nitrogens with zero attached hydrogens (tertiary/aromatic N) is 3. The van der Waals surface area contributed by atoms with Crippen LogP contribution < -0.4 is 20.4 Å². The molecule has 2 aliphatic rings. The van der Waals surface area contributed by atoms with Crippen molar-refractivity contribution < 1.29 is 23.8 Å². The fourth-order valence-corrected chi connectivity index (χ4v) is 7.41. The van der Waals surface area contributed by atoms with Gasteiger partial charge in [0.1, 0.15) is 17.3 Å². The van der Waals surface area contributed by atoms with Crippen molar-refractivity contribution in [1.82, 2.24) is 10.3 Å². The molecule has 9 nitrogen and oxygen atoms in total. The number of rotatable bonds is 7. The predicted octanol–water partition coefficient (Wildman–Crippen LogP) is 6.36. The SMILES string of the molecule is Cc1cccc(F)c1NC(=O)c1cc2c(s1)-c1ccccc1N(C(=O)c1cccc(N3C[C@@H](NC(O)OC(C)(C)C)C[C@@H]3C)n1)CC2. The first-order valence-corrected chi connectivity index (χ1v) is 16.7. The Labute approximate surface area is 278 Å². The van der Waals surface area contributed by atoms with E-state index in [1.54, 1.807) is 30.0 Å². The summed E-state index contributed by atoms with van der Waals surface area (Å²) in [6, 6.07) is 19.8. The molecule has 4 heterocycles. The number of carbonyl (C=O) groups excluding carboxylic acids is 2. The molecule has 246 valence electrons. The molecule has 3 N–H and O–H groups in total. The van der Waals surface area contributed by atoms with Crippen molar-refractivity contribution in [2.75, 3.05) is 28.2 Å². The van der Waals surface area contributed by atoms with Gasteiger partial charge in [-0.2, -0.15) is 0 Å². The van der Waals surface area contributed by atoms with Crippen LogP contribution in [-0.2, 0) is 11.2 Å². The highest BCUT2D eigenvalue weighted by molar-refractivity contribution is 7.17. The summed E-state index contributed by atoms with van der Waals surface area (Å²) in [6.07, 6.45) is 0.237. The highest BCUT2D eigenvalue weighted by Crippen LogP contribution is 2.42. The van der Waals surface area contributed by atoms with E-state index in [2.05, 4.69) is 22.5 Å². The number of hydrogen-bond donors (Lipinski definition) is 3. The first-order chi connectivity index (χ1) is 22.4. The average Bonchev–Trinajstić information content (AvgIpc) is 3.57. The van der Waals surface area contributed by atoms with Crippen LogP contribution in [-0.4, -0.2) is 59.1 Å². The summed E-state index contributed by atoms with van der Waals surface area (Å²) in [5.74, 6) is -0.360. The van der Waals surface area contributed by atoms with Crippen LogP contribution in [0.25, 0.3) is 10.4 Å². The molecule has 0 bridgehead atoms. The lowest BCUT2D eigenvalue weighted by Crippen LogP contribution is -2.44. The van der Waals surface area contributed by atoms with E-state index < -0.39 is 17.8 Å². The van der Waals surface area contributed by atoms with Gasteiger partial charge in [0.05, 0.1) is 21.9 Å². The van der Waals surface area contributed by atoms with Gasteiger partial charge >= 0.3 is 0 Å². The molecule has 11 heteroatoms. The second kappa shape index (κ2) is 13.2. The van der Waals surface area contributed by atoms with Gasteiger partial charge in [0.15, 0.2) is 0 Å². The molecule has 2 aromatic carbocycles. The zero-order valence-electron chi connectivity index (χ0n) is 27.2. The molecule has 0 saturated carbocycles. The van der Waals surface area contributed by atoms with Crippen LogP contribution in [0.15, 0.2) is 66.7 Å². The number of nitrogens with one attached hydrogen (secondary N) is 2. The molecule has 6 rings (SSSR count). The van der Waals surface area contributed by atoms with Crippen molar-refractivity contribution >= 4 is 40.3 Å². The van der Waals surface area contributed by atoms with Gasteiger partial charge in [-0.15, -0.1) is 11.3 Å². The van der Waals surface area contributed by atoms with Crippen LogP contribution in [0.3, 0.4) is 0 Å². The summed E-state index contributed by atoms with van der Waals surface area (Å²) in [5, 5.41) is 16.3. The first kappa shape index (κ1) is 32.8. The number of fused-ring (bicyclic) bond motifs is 3. The van der Waals surface area contributed by atoms with E-state index in [4.69, 9.17) is 9.72 Å². The van der Waals surface area contributed by atoms with Crippen molar-refractivity contribution in [3.05, 3.63) is 94.2 Å². The number of hydrogen-bond acceptors (Lipinski definition) is 8. The Morgan fingerprint density at radius 1 is 1.11 bits per heavy atom. The van der Waals surface area contributed by atoms with Crippen LogP contribution in [0.1, 0.15) is 65.4 Å². The van der Waals surface area contributed by atoms with E-state index in [0.29, 0.717) is 41.5 Å². The van der Waals surface area contributed by atoms with Gasteiger partial charge in [-0.1, -0.05) is 36.4 Å². The van der Waals surface area contributed by atoms with Gasteiger partial charge in [0, 0.05) is 35.6 Å². The molecule has 1 fully saturated rings. The van der Waals surface area contributed by atoms with Gasteiger partial charge in [-0.05, 0) is 88.9 Å². The molecule has 0 spiro atoms. The number of halogens is 1. The molecule has 2 aromatic heterocycles. The fourth-order valence-electron chi connectivity index (χ4n) is 6.27. The number of para-hydroxylation sites is 2. The maximum Gasteiger partial charge on any atom is 0.276 e. The number of anilines is 3. The Morgan fingerprint density at radius 3 is 2.64 bits per heavy atom. The molecule has 2 aliphatic heterocycles. The quantitative estimate of drug-likeness (QED) is 0.199. The van der Waals surface area contributed by atoms with Crippen LogP contribution in [0.2, 0.25) is 0 Å². The smallest absolute Gasteiger partial charge is 0.276 e. The van der Waals surface area contributed by atoms with E-state index >= 15 is 0 Å². The Morgan fingerprint density at radius 2 is 1.87 bits per heavy atom. The highest BCUT2D eigenvalue weighted by Gasteiger charge is 2.33. The summed E-state index contributed by atoms with van der Waals surface area (Å²) in [4.78, 5) is 37.4. The van der Waals surface area contributed by atoms with Crippen molar-refractivity contribution in [3.8, 4) is 10.4 Å². The standard InChI is InChI=1S/C36H40FN5O4S/c1-21-10-8-12-26(37)31(21)40-33(43)29-19-23-16-17-41(28-14-7-6-11-25(28)32(23)47-29)34(44)27-13-9-15-30(39-27)42-20-24(18-22(42)2)38-35(45)46-36(3,4)5/h6-15,19,22,24,35,38,45H,16-18,20H2,1-5H3,(H,40,43)/t22-,24-,35?/m0/s1. The molecular formula is C36H40FN5O4S. The number of aliphatic hydroxyl groups is 1. The molecule has 0 aliphatic carbocycles. The molecule has 2 amide bonds. The third-order valence-electron chi connectivity index (χ3n) is 8.45. The van der Waals surface area contributed by atoms with E-state index in [-0.39, 0.29) is 29.6 Å². The van der Waals surface area contributed by atoms with Crippen molar-refractivity contribution in [2.24, 2.45) is 0 Å². The van der Waals surface area contributed by atoms with E-state index in [0.717, 1.165) is 28.1 Å². The first-order valence-electron chi connectivity index (χ1n) is 15.8. The topological polar surface area (TPSA) is 107 Å². The minimum Gasteiger partial charge on any atom is -0.356 e. The van der Waals surface area contributed by atoms with Crippen LogP contribution >= 0.6 is 11.3 Å². The molecule has 3 atom stereocenters. The number of thiophene rings is 1. The lowest BCUT2D eigenvalue weighted by Gasteiger charge is -2.27. The third-order valence-corrected chi connectivity index (χ3v) is 9.66. The highest BCUT2D eigenvalue weighted by atomic mass is 32.1. The summed E-state index contributed by atoms with van der Waals surface area (Å²) in [5.41, 5.74) is 3.23. The number of benzene rings is 2. The summed E-state index contributed by atoms with van der Waals surface area (Å²) in [7, 11) is 0. The van der Waals surface area contributed by atoms with E-state index in [1.807, 2.05) is 63.2 Å². The zero-order chi connectivity index (χ0) is 33.5. The van der Waals surface area contributed by atoms with Gasteiger partial charge in [-0.3, -0.25) is 14.9 Å². The maximum atomic E-state index is 14.4. The monoisotopic (exact) mass is 657 g/mol. The Hall–Kier alpha value is -4.16. The van der Waals surface area contributed by atoms with Gasteiger partial charge < -0.3 is 25.0 Å². The number of pyridine rings is 1. The predicted molar refractivity (Wildman–Crippen MR) is 184 cm³/mol. The molecule has 4 aromatic rings. The molecule has 1 saturated heterocycles. The fraction of sp³-hybridized carbons (Fsp3) is 0.361. The number of aliphatic hydroxyl groups excluding tert-OH is 1. The van der Waals surface area contributed by atoms with Crippen LogP contribution in [0, 0.1) is 12.7 Å². The van der Waals surface area contributed by atoms with Crippen molar-refractivity contribution in [1.29, 1.82) is 0 Å². The third kappa shape index (κ3) is 7.08. The normalized spacial score (nSPS) is 18.4. The van der Waals surface area contributed by atoms with Crippen LogP contribution in [0.4, 0.5) is 21.6 Å². The van der Waals surface area contributed by atoms with E-state index in [9.17, 15) is 19.1 Å². The van der Waals surface area contributed by atoms with E-state index in [1.165, 1.54) is 17.4 Å². The number of aryl methyl sites for hydroxylation is 1. The lowest BCUT2D eigenvalue weighted by molar-refractivity contribution is -0.184. The number of carbonyl (C=O) groups is 2. The Balaban J connectivity index is 1.21. The number of amides is 2. The summed E-state index contributed by atoms with van der Waals surface area (Å²) < 4.78 is 20.1. The molecular weight excluding hydrogens is 617 g/mol. The van der Waals surface area contributed by atoms with Crippen molar-refractivity contribution in [2.45, 2.75) is 71.6 Å². The zero-order valence-corrected chi connectivity index (χ0v) is 28.0. The van der Waals surface area contributed by atoms with Gasteiger partial charge in [0.2, 0.25) is 6.41 Å². The average molecular weight is 658 g/mol. The lowest BCUT2D eigenvalue weighted by atomic mass is 10.1. The van der Waals surface area contributed by atoms with Crippen molar-refractivity contribution in [3.63, 3.8) is 0 Å².